The molecule has 1 aliphatic carbocycles. The van der Waals surface area contributed by atoms with E-state index in [1.54, 1.807) is 0 Å². The number of ether oxygens (including phenoxy) is 1. The van der Waals surface area contributed by atoms with Gasteiger partial charge in [-0.15, -0.1) is 11.3 Å². The molecule has 162 valence electrons. The van der Waals surface area contributed by atoms with Crippen molar-refractivity contribution < 1.29 is 14.3 Å². The van der Waals surface area contributed by atoms with Crippen LogP contribution in [0.5, 0.6) is 0 Å². The van der Waals surface area contributed by atoms with Crippen LogP contribution in [0.2, 0.25) is 5.02 Å². The number of nitrogens with zero attached hydrogens (tertiary/aromatic N) is 1. The van der Waals surface area contributed by atoms with Gasteiger partial charge in [0.1, 0.15) is 10.6 Å². The zero-order chi connectivity index (χ0) is 22.3. The first-order valence-electron chi connectivity index (χ1n) is 10.3. The van der Waals surface area contributed by atoms with Crippen LogP contribution in [0.1, 0.15) is 58.6 Å². The Morgan fingerprint density at radius 3 is 2.71 bits per heavy atom. The lowest BCUT2D eigenvalue weighted by Crippen LogP contribution is -2.36. The number of aromatic nitrogens is 1. The number of dihydropyridines is 1. The van der Waals surface area contributed by atoms with Crippen molar-refractivity contribution in [3.8, 4) is 10.6 Å². The maximum absolute atomic E-state index is 13.2. The van der Waals surface area contributed by atoms with Gasteiger partial charge in [-0.2, -0.15) is 0 Å². The molecule has 0 saturated heterocycles. The molecule has 1 N–H and O–H groups in total. The third kappa shape index (κ3) is 4.32. The third-order valence-corrected chi connectivity index (χ3v) is 6.54. The van der Waals surface area contributed by atoms with Crippen LogP contribution in [-0.2, 0) is 14.3 Å². The number of carbonyl (C=O) groups excluding carboxylic acids is 2. The van der Waals surface area contributed by atoms with Crippen LogP contribution >= 0.6 is 22.9 Å². The summed E-state index contributed by atoms with van der Waals surface area (Å²) < 4.78 is 5.71. The van der Waals surface area contributed by atoms with Crippen molar-refractivity contribution in [2.24, 2.45) is 0 Å². The summed E-state index contributed by atoms with van der Waals surface area (Å²) >= 11 is 7.83. The first-order valence-corrected chi connectivity index (χ1v) is 11.6. The monoisotopic (exact) mass is 456 g/mol. The number of halogens is 1. The van der Waals surface area contributed by atoms with Crippen molar-refractivity contribution >= 4 is 34.7 Å². The minimum atomic E-state index is -0.648. The van der Waals surface area contributed by atoms with E-state index in [9.17, 15) is 9.59 Å². The largest absolute Gasteiger partial charge is 0.457 e. The van der Waals surface area contributed by atoms with Gasteiger partial charge in [0.15, 0.2) is 5.78 Å². The minimum Gasteiger partial charge on any atom is -0.457 e. The normalized spacial score (nSPS) is 19.3. The van der Waals surface area contributed by atoms with Crippen LogP contribution in [0.25, 0.3) is 10.6 Å². The molecule has 1 aromatic heterocycles. The van der Waals surface area contributed by atoms with E-state index in [0.717, 1.165) is 29.1 Å². The number of carbonyl (C=O) groups is 2. The Balaban J connectivity index is 1.83. The Kier molecular flexibility index (Phi) is 5.79. The fraction of sp³-hybridized carbons (Fsp3) is 0.375. The van der Waals surface area contributed by atoms with Gasteiger partial charge in [-0.3, -0.25) is 4.79 Å². The predicted octanol–water partition coefficient (Wildman–Crippen LogP) is 5.77. The highest BCUT2D eigenvalue weighted by Crippen LogP contribution is 2.44. The molecule has 1 atom stereocenters. The van der Waals surface area contributed by atoms with E-state index >= 15 is 0 Å². The van der Waals surface area contributed by atoms with E-state index in [4.69, 9.17) is 21.3 Å². The Morgan fingerprint density at radius 2 is 2.00 bits per heavy atom. The van der Waals surface area contributed by atoms with Crippen LogP contribution in [0, 0.1) is 0 Å². The summed E-state index contributed by atoms with van der Waals surface area (Å²) in [4.78, 5) is 31.0. The molecule has 4 rings (SSSR count). The van der Waals surface area contributed by atoms with E-state index in [2.05, 4.69) is 5.32 Å². The van der Waals surface area contributed by atoms with Crippen LogP contribution in [0.15, 0.2) is 52.2 Å². The van der Waals surface area contributed by atoms with E-state index < -0.39 is 17.5 Å². The number of thiazole rings is 1. The lowest BCUT2D eigenvalue weighted by atomic mass is 9.77. The van der Waals surface area contributed by atoms with Gasteiger partial charge in [0.2, 0.25) is 0 Å². The molecular weight excluding hydrogens is 432 g/mol. The molecule has 0 saturated carbocycles. The van der Waals surface area contributed by atoms with Gasteiger partial charge in [-0.1, -0.05) is 29.8 Å². The molecular formula is C24H25ClN2O3S. The lowest BCUT2D eigenvalue weighted by Gasteiger charge is -2.34. The molecule has 0 radical (unpaired) electrons. The Bertz CT molecular complexity index is 1120. The molecule has 2 aliphatic rings. The second-order valence-electron chi connectivity index (χ2n) is 8.82. The quantitative estimate of drug-likeness (QED) is 0.593. The SMILES string of the molecule is CC1=C(C(=O)OC(C)(C)C)C(c2csc(-c3ccccc3Cl)n2)C2=C(CCCC2=O)N1. The van der Waals surface area contributed by atoms with Crippen LogP contribution in [-0.4, -0.2) is 22.3 Å². The summed E-state index contributed by atoms with van der Waals surface area (Å²) in [5.74, 6) is -0.925. The molecule has 0 amide bonds. The molecule has 1 aromatic carbocycles. The molecule has 0 fully saturated rings. The topological polar surface area (TPSA) is 68.3 Å². The van der Waals surface area contributed by atoms with E-state index in [0.29, 0.717) is 34.0 Å². The van der Waals surface area contributed by atoms with Crippen molar-refractivity contribution in [3.05, 3.63) is 62.9 Å². The van der Waals surface area contributed by atoms with E-state index in [-0.39, 0.29) is 5.78 Å². The molecule has 1 aliphatic heterocycles. The van der Waals surface area contributed by atoms with Gasteiger partial charge >= 0.3 is 5.97 Å². The van der Waals surface area contributed by atoms with Gasteiger partial charge in [-0.25, -0.2) is 9.78 Å². The average molecular weight is 457 g/mol. The number of rotatable bonds is 3. The van der Waals surface area contributed by atoms with Crippen molar-refractivity contribution in [2.45, 2.75) is 58.5 Å². The smallest absolute Gasteiger partial charge is 0.337 e. The number of Topliss-reactive ketones (excluding diaryl/α,β-unsaturated/α-hetero) is 1. The maximum atomic E-state index is 13.2. The van der Waals surface area contributed by atoms with Crippen molar-refractivity contribution in [2.75, 3.05) is 0 Å². The van der Waals surface area contributed by atoms with Crippen LogP contribution < -0.4 is 5.32 Å². The number of ketones is 1. The molecule has 0 spiro atoms. The number of hydrogen-bond donors (Lipinski definition) is 1. The fourth-order valence-electron chi connectivity index (χ4n) is 4.06. The number of nitrogens with one attached hydrogen (secondary N) is 1. The zero-order valence-corrected chi connectivity index (χ0v) is 19.6. The Labute approximate surface area is 191 Å². The highest BCUT2D eigenvalue weighted by molar-refractivity contribution is 7.13. The summed E-state index contributed by atoms with van der Waals surface area (Å²) in [5.41, 5.74) is 3.53. The second-order valence-corrected chi connectivity index (χ2v) is 10.1. The molecule has 5 nitrogen and oxygen atoms in total. The number of hydrogen-bond acceptors (Lipinski definition) is 6. The second kappa shape index (κ2) is 8.24. The Hall–Kier alpha value is -2.44. The standard InChI is InChI=1S/C24H25ClN2O3S/c1-13-19(23(29)30-24(2,3)4)21(20-16(26-13)10-7-11-18(20)28)17-12-31-22(27-17)14-8-5-6-9-15(14)25/h5-6,8-9,12,21,26H,7,10-11H2,1-4H3. The van der Waals surface area contributed by atoms with Gasteiger partial charge in [0.05, 0.1) is 22.2 Å². The van der Waals surface area contributed by atoms with Crippen LogP contribution in [0.4, 0.5) is 0 Å². The van der Waals surface area contributed by atoms with Gasteiger partial charge in [-0.05, 0) is 46.6 Å². The fourth-order valence-corrected chi connectivity index (χ4v) is 5.23. The number of benzene rings is 1. The maximum Gasteiger partial charge on any atom is 0.337 e. The van der Waals surface area contributed by atoms with Gasteiger partial charge in [0.25, 0.3) is 0 Å². The predicted molar refractivity (Wildman–Crippen MR) is 123 cm³/mol. The molecule has 2 heterocycles. The van der Waals surface area contributed by atoms with Crippen molar-refractivity contribution in [3.63, 3.8) is 0 Å². The summed E-state index contributed by atoms with van der Waals surface area (Å²) in [6, 6.07) is 7.52. The summed E-state index contributed by atoms with van der Waals surface area (Å²) in [6.07, 6.45) is 2.05. The van der Waals surface area contributed by atoms with Gasteiger partial charge in [0, 0.05) is 34.3 Å². The summed E-state index contributed by atoms with van der Waals surface area (Å²) in [5, 5.41) is 6.59. The summed E-state index contributed by atoms with van der Waals surface area (Å²) in [6.45, 7) is 7.36. The van der Waals surface area contributed by atoms with Gasteiger partial charge < -0.3 is 10.1 Å². The average Bonchev–Trinajstić information content (AvgIpc) is 3.15. The highest BCUT2D eigenvalue weighted by atomic mass is 35.5. The number of esters is 1. The molecule has 2 aromatic rings. The van der Waals surface area contributed by atoms with Crippen molar-refractivity contribution in [1.29, 1.82) is 0 Å². The minimum absolute atomic E-state index is 0.0552. The van der Waals surface area contributed by atoms with Crippen LogP contribution in [0.3, 0.4) is 0 Å². The Morgan fingerprint density at radius 1 is 1.26 bits per heavy atom. The summed E-state index contributed by atoms with van der Waals surface area (Å²) in [7, 11) is 0. The number of allylic oxidation sites excluding steroid dienone is 3. The lowest BCUT2D eigenvalue weighted by molar-refractivity contribution is -0.150. The molecule has 0 bridgehead atoms. The molecule has 1 unspecified atom stereocenters. The highest BCUT2D eigenvalue weighted by Gasteiger charge is 2.41. The van der Waals surface area contributed by atoms with E-state index in [1.165, 1.54) is 11.3 Å². The zero-order valence-electron chi connectivity index (χ0n) is 18.0. The molecule has 31 heavy (non-hydrogen) atoms. The molecule has 7 heteroatoms. The van der Waals surface area contributed by atoms with E-state index in [1.807, 2.05) is 57.3 Å². The third-order valence-electron chi connectivity index (χ3n) is 5.32. The first-order chi connectivity index (χ1) is 14.7. The first kappa shape index (κ1) is 21.8. The van der Waals surface area contributed by atoms with Crippen molar-refractivity contribution in [1.82, 2.24) is 10.3 Å².